The Kier molecular flexibility index (Phi) is 5.78. The second-order valence-electron chi connectivity index (χ2n) is 8.13. The molecule has 0 aromatic heterocycles. The van der Waals surface area contributed by atoms with Crippen LogP contribution >= 0.6 is 0 Å². The Morgan fingerprint density at radius 2 is 1.93 bits per heavy atom. The average molecular weight is 418 g/mol. The molecule has 1 aromatic rings. The smallest absolute Gasteiger partial charge is 0.414 e. The van der Waals surface area contributed by atoms with E-state index in [-0.39, 0.29) is 30.8 Å². The topological polar surface area (TPSA) is 82.2 Å². The zero-order valence-corrected chi connectivity index (χ0v) is 17.1. The molecule has 1 unspecified atom stereocenters. The first-order valence-corrected chi connectivity index (χ1v) is 10.5. The summed E-state index contributed by atoms with van der Waals surface area (Å²) in [5.74, 6) is -0.195. The lowest BCUT2D eigenvalue weighted by Crippen LogP contribution is -2.51. The van der Waals surface area contributed by atoms with E-state index in [2.05, 4.69) is 5.32 Å². The quantitative estimate of drug-likeness (QED) is 0.788. The minimum Gasteiger partial charge on any atom is -0.442 e. The van der Waals surface area contributed by atoms with Crippen molar-refractivity contribution in [1.82, 2.24) is 10.2 Å². The van der Waals surface area contributed by atoms with Crippen LogP contribution < -0.4 is 15.1 Å². The number of rotatable bonds is 5. The fourth-order valence-corrected chi connectivity index (χ4v) is 4.10. The van der Waals surface area contributed by atoms with Crippen LogP contribution in [-0.4, -0.2) is 68.2 Å². The highest BCUT2D eigenvalue weighted by atomic mass is 19.1. The first-order chi connectivity index (χ1) is 14.4. The predicted molar refractivity (Wildman–Crippen MR) is 109 cm³/mol. The fraction of sp³-hybridized carbons (Fsp3) is 0.571. The van der Waals surface area contributed by atoms with Gasteiger partial charge in [0.05, 0.1) is 24.5 Å². The van der Waals surface area contributed by atoms with Crippen LogP contribution in [0, 0.1) is 11.7 Å². The molecule has 3 fully saturated rings. The van der Waals surface area contributed by atoms with E-state index in [9.17, 15) is 18.8 Å². The first-order valence-electron chi connectivity index (χ1n) is 10.5. The van der Waals surface area contributed by atoms with Crippen LogP contribution in [0.1, 0.15) is 26.2 Å². The summed E-state index contributed by atoms with van der Waals surface area (Å²) in [6, 6.07) is 4.71. The van der Waals surface area contributed by atoms with E-state index < -0.39 is 18.0 Å². The third-order valence-electron chi connectivity index (χ3n) is 6.08. The van der Waals surface area contributed by atoms with Gasteiger partial charge in [-0.25, -0.2) is 9.18 Å². The van der Waals surface area contributed by atoms with Gasteiger partial charge in [-0.05, 0) is 31.0 Å². The van der Waals surface area contributed by atoms with Crippen LogP contribution in [0.5, 0.6) is 0 Å². The Bertz CT molecular complexity index is 836. The molecular formula is C21H27FN4O4. The highest BCUT2D eigenvalue weighted by molar-refractivity contribution is 5.90. The molecule has 9 heteroatoms. The molecule has 2 saturated heterocycles. The van der Waals surface area contributed by atoms with Gasteiger partial charge in [0.1, 0.15) is 11.9 Å². The van der Waals surface area contributed by atoms with Crippen LogP contribution in [0.15, 0.2) is 18.2 Å². The van der Waals surface area contributed by atoms with Crippen molar-refractivity contribution in [2.75, 3.05) is 49.1 Å². The molecule has 1 aromatic carbocycles. The molecule has 2 heterocycles. The Hall–Kier alpha value is -2.84. The van der Waals surface area contributed by atoms with Crippen LogP contribution in [-0.2, 0) is 14.3 Å². The maximum Gasteiger partial charge on any atom is 0.414 e. The Labute approximate surface area is 174 Å². The molecule has 3 aliphatic rings. The number of ether oxygens (including phenoxy) is 1. The van der Waals surface area contributed by atoms with Gasteiger partial charge in [0.25, 0.3) is 0 Å². The highest BCUT2D eigenvalue weighted by Crippen LogP contribution is 2.31. The van der Waals surface area contributed by atoms with Crippen molar-refractivity contribution in [1.29, 1.82) is 0 Å². The van der Waals surface area contributed by atoms with Gasteiger partial charge in [0.15, 0.2) is 0 Å². The second kappa shape index (κ2) is 8.49. The SMILES string of the molecule is CC(=O)NCC1CN(c2ccc(N3CCN(C(=O)C4CCC4)CC3)c(F)c2)C(=O)O1. The molecule has 1 saturated carbocycles. The number of nitrogens with one attached hydrogen (secondary N) is 1. The zero-order chi connectivity index (χ0) is 21.3. The lowest BCUT2D eigenvalue weighted by molar-refractivity contribution is -0.138. The monoisotopic (exact) mass is 418 g/mol. The van der Waals surface area contributed by atoms with Gasteiger partial charge in [-0.3, -0.25) is 14.5 Å². The summed E-state index contributed by atoms with van der Waals surface area (Å²) in [4.78, 5) is 40.7. The van der Waals surface area contributed by atoms with Gasteiger partial charge < -0.3 is 19.9 Å². The second-order valence-corrected chi connectivity index (χ2v) is 8.13. The maximum atomic E-state index is 14.9. The minimum atomic E-state index is -0.555. The van der Waals surface area contributed by atoms with Gasteiger partial charge in [-0.2, -0.15) is 0 Å². The molecule has 1 atom stereocenters. The lowest BCUT2D eigenvalue weighted by Gasteiger charge is -2.39. The summed E-state index contributed by atoms with van der Waals surface area (Å²) in [5.41, 5.74) is 0.891. The van der Waals surface area contributed by atoms with Crippen LogP contribution in [0.4, 0.5) is 20.6 Å². The van der Waals surface area contributed by atoms with E-state index in [1.807, 2.05) is 9.80 Å². The summed E-state index contributed by atoms with van der Waals surface area (Å²) in [5, 5.41) is 2.62. The van der Waals surface area contributed by atoms with Crippen LogP contribution in [0.3, 0.4) is 0 Å². The largest absolute Gasteiger partial charge is 0.442 e. The van der Waals surface area contributed by atoms with Crippen molar-refractivity contribution < 1.29 is 23.5 Å². The lowest BCUT2D eigenvalue weighted by atomic mass is 9.84. The van der Waals surface area contributed by atoms with Crippen molar-refractivity contribution in [3.63, 3.8) is 0 Å². The van der Waals surface area contributed by atoms with Gasteiger partial charge in [0.2, 0.25) is 11.8 Å². The van der Waals surface area contributed by atoms with E-state index in [1.54, 1.807) is 12.1 Å². The average Bonchev–Trinajstić information content (AvgIpc) is 3.06. The van der Waals surface area contributed by atoms with Crippen molar-refractivity contribution in [3.05, 3.63) is 24.0 Å². The molecule has 1 aliphatic carbocycles. The molecule has 8 nitrogen and oxygen atoms in total. The van der Waals surface area contributed by atoms with Crippen molar-refractivity contribution in [2.45, 2.75) is 32.3 Å². The molecule has 0 bridgehead atoms. The minimum absolute atomic E-state index is 0.183. The van der Waals surface area contributed by atoms with Crippen molar-refractivity contribution >= 4 is 29.3 Å². The number of halogens is 1. The third kappa shape index (κ3) is 4.20. The molecule has 0 spiro atoms. The Morgan fingerprint density at radius 3 is 2.53 bits per heavy atom. The number of nitrogens with zero attached hydrogens (tertiary/aromatic N) is 3. The highest BCUT2D eigenvalue weighted by Gasteiger charge is 2.34. The normalized spacial score (nSPS) is 22.0. The summed E-state index contributed by atoms with van der Waals surface area (Å²) in [6.07, 6.45) is 2.08. The van der Waals surface area contributed by atoms with Gasteiger partial charge in [-0.1, -0.05) is 6.42 Å². The third-order valence-corrected chi connectivity index (χ3v) is 6.08. The Morgan fingerprint density at radius 1 is 1.20 bits per heavy atom. The number of cyclic esters (lactones) is 1. The number of carbonyl (C=O) groups excluding carboxylic acids is 3. The van der Waals surface area contributed by atoms with Crippen LogP contribution in [0.2, 0.25) is 0 Å². The number of hydrogen-bond acceptors (Lipinski definition) is 5. The van der Waals surface area contributed by atoms with E-state index in [0.717, 1.165) is 19.3 Å². The van der Waals surface area contributed by atoms with E-state index in [0.29, 0.717) is 37.6 Å². The molecule has 162 valence electrons. The first kappa shape index (κ1) is 20.4. The number of anilines is 2. The summed E-state index contributed by atoms with van der Waals surface area (Å²) in [7, 11) is 0. The summed E-state index contributed by atoms with van der Waals surface area (Å²) < 4.78 is 20.1. The fourth-order valence-electron chi connectivity index (χ4n) is 4.10. The summed E-state index contributed by atoms with van der Waals surface area (Å²) in [6.45, 7) is 4.23. The number of amides is 3. The molecular weight excluding hydrogens is 391 g/mol. The molecule has 30 heavy (non-hydrogen) atoms. The van der Waals surface area contributed by atoms with Gasteiger partial charge >= 0.3 is 6.09 Å². The zero-order valence-electron chi connectivity index (χ0n) is 17.1. The molecule has 1 N–H and O–H groups in total. The van der Waals surface area contributed by atoms with Crippen molar-refractivity contribution in [3.8, 4) is 0 Å². The molecule has 0 radical (unpaired) electrons. The van der Waals surface area contributed by atoms with Crippen LogP contribution in [0.25, 0.3) is 0 Å². The summed E-state index contributed by atoms with van der Waals surface area (Å²) >= 11 is 0. The Balaban J connectivity index is 1.36. The maximum absolute atomic E-state index is 14.9. The van der Waals surface area contributed by atoms with E-state index in [4.69, 9.17) is 4.74 Å². The van der Waals surface area contributed by atoms with Crippen molar-refractivity contribution in [2.24, 2.45) is 5.92 Å². The van der Waals surface area contributed by atoms with E-state index in [1.165, 1.54) is 17.9 Å². The number of carbonyl (C=O) groups is 3. The van der Waals surface area contributed by atoms with Gasteiger partial charge in [-0.15, -0.1) is 0 Å². The number of piperazine rings is 1. The van der Waals surface area contributed by atoms with Gasteiger partial charge in [0, 0.05) is 39.0 Å². The molecule has 3 amide bonds. The standard InChI is InChI=1S/C21H27FN4O4/c1-14(27)23-12-17-13-26(21(29)30-17)16-5-6-19(18(22)11-16)24-7-9-25(10-8-24)20(28)15-3-2-4-15/h5-6,11,15,17H,2-4,7-10,12-13H2,1H3,(H,23,27). The predicted octanol–water partition coefficient (Wildman–Crippen LogP) is 1.74. The molecule has 4 rings (SSSR count). The number of hydrogen-bond donors (Lipinski definition) is 1. The number of benzene rings is 1. The van der Waals surface area contributed by atoms with E-state index >= 15 is 0 Å². The molecule has 2 aliphatic heterocycles.